The van der Waals surface area contributed by atoms with Crippen molar-refractivity contribution in [3.8, 4) is 0 Å². The summed E-state index contributed by atoms with van der Waals surface area (Å²) in [5.41, 5.74) is 0.826. The van der Waals surface area contributed by atoms with Gasteiger partial charge in [0.1, 0.15) is 6.04 Å². The molecular weight excluding hydrogens is 256 g/mol. The summed E-state index contributed by atoms with van der Waals surface area (Å²) in [7, 11) is 1.66. The topological polar surface area (TPSA) is 58.6 Å². The van der Waals surface area contributed by atoms with E-state index < -0.39 is 6.04 Å². The average Bonchev–Trinajstić information content (AvgIpc) is 2.47. The summed E-state index contributed by atoms with van der Waals surface area (Å²) in [6.45, 7) is 1.42. The first-order valence-corrected chi connectivity index (χ1v) is 6.84. The van der Waals surface area contributed by atoms with Gasteiger partial charge >= 0.3 is 0 Å². The standard InChI is InChI=1S/C15H20N2O3/c1-20-10-6-5-9-17-11-13(18)16-14(15(17)19)12-7-3-2-4-8-12/h2-4,7-8,14H,5-6,9-11H2,1H3,(H,16,18). The van der Waals surface area contributed by atoms with Crippen LogP contribution in [0.2, 0.25) is 0 Å². The molecule has 5 nitrogen and oxygen atoms in total. The zero-order chi connectivity index (χ0) is 14.4. The molecule has 1 aliphatic heterocycles. The summed E-state index contributed by atoms with van der Waals surface area (Å²) < 4.78 is 4.99. The predicted molar refractivity (Wildman–Crippen MR) is 75.0 cm³/mol. The molecule has 0 radical (unpaired) electrons. The molecule has 1 N–H and O–H groups in total. The molecule has 1 aromatic carbocycles. The van der Waals surface area contributed by atoms with Crippen molar-refractivity contribution in [2.24, 2.45) is 0 Å². The molecule has 1 unspecified atom stereocenters. The van der Waals surface area contributed by atoms with Gasteiger partial charge in [-0.2, -0.15) is 0 Å². The van der Waals surface area contributed by atoms with Crippen LogP contribution >= 0.6 is 0 Å². The maximum absolute atomic E-state index is 12.4. The van der Waals surface area contributed by atoms with Gasteiger partial charge in [-0.25, -0.2) is 0 Å². The lowest BCUT2D eigenvalue weighted by Crippen LogP contribution is -2.53. The fraction of sp³-hybridized carbons (Fsp3) is 0.467. The minimum absolute atomic E-state index is 0.0341. The summed E-state index contributed by atoms with van der Waals surface area (Å²) in [6, 6.07) is 8.79. The Bertz CT molecular complexity index is 461. The normalized spacial score (nSPS) is 19.1. The number of carbonyl (C=O) groups is 2. The summed E-state index contributed by atoms with van der Waals surface area (Å²) in [4.78, 5) is 25.8. The van der Waals surface area contributed by atoms with Gasteiger partial charge in [0.15, 0.2) is 0 Å². The smallest absolute Gasteiger partial charge is 0.250 e. The Morgan fingerprint density at radius 2 is 2.00 bits per heavy atom. The molecule has 2 amide bonds. The molecule has 1 aliphatic rings. The second-order valence-corrected chi connectivity index (χ2v) is 4.87. The Hall–Kier alpha value is -1.88. The number of piperazine rings is 1. The molecular formula is C15H20N2O3. The van der Waals surface area contributed by atoms with Crippen molar-refractivity contribution >= 4 is 11.8 Å². The molecule has 2 rings (SSSR count). The summed E-state index contributed by atoms with van der Waals surface area (Å²) in [6.07, 6.45) is 1.73. The Kier molecular flexibility index (Phi) is 5.12. The molecule has 0 saturated carbocycles. The average molecular weight is 276 g/mol. The van der Waals surface area contributed by atoms with E-state index in [1.165, 1.54) is 0 Å². The van der Waals surface area contributed by atoms with Crippen molar-refractivity contribution in [1.82, 2.24) is 10.2 Å². The minimum Gasteiger partial charge on any atom is -0.385 e. The van der Waals surface area contributed by atoms with Crippen LogP contribution in [0, 0.1) is 0 Å². The lowest BCUT2D eigenvalue weighted by molar-refractivity contribution is -0.144. The predicted octanol–water partition coefficient (Wildman–Crippen LogP) is 1.11. The number of nitrogens with one attached hydrogen (secondary N) is 1. The fourth-order valence-corrected chi connectivity index (χ4v) is 2.31. The summed E-state index contributed by atoms with van der Waals surface area (Å²) in [5.74, 6) is -0.140. The van der Waals surface area contributed by atoms with Crippen LogP contribution in [0.25, 0.3) is 0 Å². The van der Waals surface area contributed by atoms with Gasteiger partial charge in [-0.05, 0) is 18.4 Å². The van der Waals surface area contributed by atoms with Gasteiger partial charge in [-0.1, -0.05) is 30.3 Å². The van der Waals surface area contributed by atoms with E-state index in [2.05, 4.69) is 5.32 Å². The molecule has 20 heavy (non-hydrogen) atoms. The Labute approximate surface area is 118 Å². The molecule has 1 fully saturated rings. The number of hydrogen-bond donors (Lipinski definition) is 1. The van der Waals surface area contributed by atoms with Crippen LogP contribution < -0.4 is 5.32 Å². The molecule has 0 aromatic heterocycles. The van der Waals surface area contributed by atoms with Crippen LogP contribution in [0.3, 0.4) is 0 Å². The van der Waals surface area contributed by atoms with E-state index in [1.807, 2.05) is 30.3 Å². The highest BCUT2D eigenvalue weighted by atomic mass is 16.5. The van der Waals surface area contributed by atoms with E-state index in [9.17, 15) is 9.59 Å². The van der Waals surface area contributed by atoms with Crippen LogP contribution in [0.5, 0.6) is 0 Å². The van der Waals surface area contributed by atoms with Gasteiger partial charge in [0.25, 0.3) is 0 Å². The summed E-state index contributed by atoms with van der Waals surface area (Å²) >= 11 is 0. The highest BCUT2D eigenvalue weighted by Crippen LogP contribution is 2.19. The van der Waals surface area contributed by atoms with Crippen molar-refractivity contribution < 1.29 is 14.3 Å². The molecule has 1 saturated heterocycles. The molecule has 108 valence electrons. The molecule has 1 atom stereocenters. The van der Waals surface area contributed by atoms with Gasteiger partial charge < -0.3 is 15.0 Å². The number of unbranched alkanes of at least 4 members (excludes halogenated alkanes) is 1. The van der Waals surface area contributed by atoms with E-state index in [-0.39, 0.29) is 18.4 Å². The first-order valence-electron chi connectivity index (χ1n) is 6.84. The fourth-order valence-electron chi connectivity index (χ4n) is 2.31. The molecule has 0 bridgehead atoms. The molecule has 5 heteroatoms. The van der Waals surface area contributed by atoms with E-state index in [0.29, 0.717) is 13.2 Å². The van der Waals surface area contributed by atoms with Crippen LogP contribution in [-0.4, -0.2) is 43.5 Å². The van der Waals surface area contributed by atoms with Crippen molar-refractivity contribution in [2.75, 3.05) is 26.8 Å². The summed E-state index contributed by atoms with van der Waals surface area (Å²) in [5, 5.41) is 2.76. The number of ether oxygens (including phenoxy) is 1. The number of rotatable bonds is 6. The van der Waals surface area contributed by atoms with Gasteiger partial charge in [0.2, 0.25) is 11.8 Å². The van der Waals surface area contributed by atoms with Crippen LogP contribution in [0.1, 0.15) is 24.4 Å². The third kappa shape index (κ3) is 3.57. The van der Waals surface area contributed by atoms with Gasteiger partial charge in [0.05, 0.1) is 6.54 Å². The third-order valence-electron chi connectivity index (χ3n) is 3.36. The van der Waals surface area contributed by atoms with E-state index in [4.69, 9.17) is 4.74 Å². The monoisotopic (exact) mass is 276 g/mol. The number of benzene rings is 1. The third-order valence-corrected chi connectivity index (χ3v) is 3.36. The number of nitrogens with zero attached hydrogens (tertiary/aromatic N) is 1. The van der Waals surface area contributed by atoms with E-state index in [1.54, 1.807) is 12.0 Å². The minimum atomic E-state index is -0.556. The van der Waals surface area contributed by atoms with Gasteiger partial charge in [0, 0.05) is 20.3 Å². The molecule has 1 aromatic rings. The Morgan fingerprint density at radius 1 is 1.25 bits per heavy atom. The molecule has 0 aliphatic carbocycles. The van der Waals surface area contributed by atoms with E-state index >= 15 is 0 Å². The van der Waals surface area contributed by atoms with Crippen molar-refractivity contribution in [1.29, 1.82) is 0 Å². The maximum atomic E-state index is 12.4. The first kappa shape index (κ1) is 14.5. The zero-order valence-corrected chi connectivity index (χ0v) is 11.7. The van der Waals surface area contributed by atoms with Crippen LogP contribution in [0.15, 0.2) is 30.3 Å². The van der Waals surface area contributed by atoms with Crippen molar-refractivity contribution in [2.45, 2.75) is 18.9 Å². The highest BCUT2D eigenvalue weighted by Gasteiger charge is 2.33. The largest absolute Gasteiger partial charge is 0.385 e. The van der Waals surface area contributed by atoms with Crippen LogP contribution in [0.4, 0.5) is 0 Å². The quantitative estimate of drug-likeness (QED) is 0.792. The van der Waals surface area contributed by atoms with Crippen molar-refractivity contribution in [3.05, 3.63) is 35.9 Å². The number of carbonyl (C=O) groups excluding carboxylic acids is 2. The number of amides is 2. The zero-order valence-electron chi connectivity index (χ0n) is 11.7. The van der Waals surface area contributed by atoms with E-state index in [0.717, 1.165) is 18.4 Å². The van der Waals surface area contributed by atoms with Gasteiger partial charge in [-0.15, -0.1) is 0 Å². The maximum Gasteiger partial charge on any atom is 0.250 e. The molecule has 0 spiro atoms. The Balaban J connectivity index is 2.00. The van der Waals surface area contributed by atoms with Crippen molar-refractivity contribution in [3.63, 3.8) is 0 Å². The van der Waals surface area contributed by atoms with Crippen LogP contribution in [-0.2, 0) is 14.3 Å². The first-order chi connectivity index (χ1) is 9.72. The highest BCUT2D eigenvalue weighted by molar-refractivity contribution is 5.95. The second kappa shape index (κ2) is 7.05. The molecule has 1 heterocycles. The SMILES string of the molecule is COCCCCN1CC(=O)NC(c2ccccc2)C1=O. The lowest BCUT2D eigenvalue weighted by atomic mass is 10.0. The Morgan fingerprint density at radius 3 is 2.70 bits per heavy atom. The number of methoxy groups -OCH3 is 1. The second-order valence-electron chi connectivity index (χ2n) is 4.87. The lowest BCUT2D eigenvalue weighted by Gasteiger charge is -2.32. The van der Waals surface area contributed by atoms with Gasteiger partial charge in [-0.3, -0.25) is 9.59 Å². The number of hydrogen-bond acceptors (Lipinski definition) is 3.